The van der Waals surface area contributed by atoms with Gasteiger partial charge in [0.05, 0.1) is 12.8 Å². The number of nitrogens with one attached hydrogen (secondary N) is 1. The monoisotopic (exact) mass is 318 g/mol. The lowest BCUT2D eigenvalue weighted by atomic mass is 10.2. The largest absolute Gasteiger partial charge is 0.449 e. The van der Waals surface area contributed by atoms with Crippen LogP contribution in [0.2, 0.25) is 0 Å². The summed E-state index contributed by atoms with van der Waals surface area (Å²) in [5.41, 5.74) is 3.22. The number of amides is 1. The fourth-order valence-electron chi connectivity index (χ4n) is 0.898. The average molecular weight is 318 g/mol. The third kappa shape index (κ3) is 4.28. The van der Waals surface area contributed by atoms with Crippen molar-refractivity contribution in [3.63, 3.8) is 0 Å². The number of hydrazone groups is 1. The standard InChI is InChI=1S/C10H11IN2O2/c1-2-15-10(14)13-12-7-8-5-3-4-6-9(8)11/h3-7H,2H2,1H3,(H,13,14)/b12-7-. The molecule has 0 aliphatic rings. The second-order valence-corrected chi connectivity index (χ2v) is 3.77. The molecule has 0 saturated heterocycles. The van der Waals surface area contributed by atoms with Gasteiger partial charge in [-0.2, -0.15) is 5.10 Å². The number of benzene rings is 1. The van der Waals surface area contributed by atoms with E-state index in [9.17, 15) is 4.79 Å². The van der Waals surface area contributed by atoms with E-state index >= 15 is 0 Å². The van der Waals surface area contributed by atoms with Gasteiger partial charge in [0.2, 0.25) is 0 Å². The highest BCUT2D eigenvalue weighted by Gasteiger charge is 1.96. The van der Waals surface area contributed by atoms with E-state index in [2.05, 4.69) is 37.9 Å². The molecule has 0 unspecified atom stereocenters. The first-order valence-electron chi connectivity index (χ1n) is 4.44. The Morgan fingerprint density at radius 2 is 2.33 bits per heavy atom. The summed E-state index contributed by atoms with van der Waals surface area (Å²) in [5, 5.41) is 3.77. The lowest BCUT2D eigenvalue weighted by Gasteiger charge is -1.99. The van der Waals surface area contributed by atoms with Gasteiger partial charge < -0.3 is 4.74 Å². The molecule has 15 heavy (non-hydrogen) atoms. The molecule has 1 amide bonds. The van der Waals surface area contributed by atoms with E-state index in [4.69, 9.17) is 0 Å². The van der Waals surface area contributed by atoms with Crippen molar-refractivity contribution in [3.05, 3.63) is 33.4 Å². The van der Waals surface area contributed by atoms with Gasteiger partial charge in [0, 0.05) is 9.13 Å². The van der Waals surface area contributed by atoms with Gasteiger partial charge in [0.15, 0.2) is 0 Å². The van der Waals surface area contributed by atoms with Gasteiger partial charge in [-0.05, 0) is 35.6 Å². The van der Waals surface area contributed by atoms with Crippen LogP contribution in [0.3, 0.4) is 0 Å². The first-order valence-corrected chi connectivity index (χ1v) is 5.52. The van der Waals surface area contributed by atoms with Crippen molar-refractivity contribution in [2.75, 3.05) is 6.61 Å². The maximum atomic E-state index is 10.9. The van der Waals surface area contributed by atoms with Crippen LogP contribution in [0, 0.1) is 3.57 Å². The van der Waals surface area contributed by atoms with E-state index in [1.807, 2.05) is 24.3 Å². The summed E-state index contributed by atoms with van der Waals surface area (Å²) in [4.78, 5) is 10.9. The lowest BCUT2D eigenvalue weighted by molar-refractivity contribution is 0.152. The van der Waals surface area contributed by atoms with Crippen molar-refractivity contribution in [1.82, 2.24) is 5.43 Å². The van der Waals surface area contributed by atoms with E-state index in [0.29, 0.717) is 6.61 Å². The van der Waals surface area contributed by atoms with E-state index in [-0.39, 0.29) is 0 Å². The van der Waals surface area contributed by atoms with Gasteiger partial charge in [-0.15, -0.1) is 0 Å². The van der Waals surface area contributed by atoms with E-state index in [0.717, 1.165) is 9.13 Å². The number of hydrogen-bond acceptors (Lipinski definition) is 3. The summed E-state index contributed by atoms with van der Waals surface area (Å²) < 4.78 is 5.72. The van der Waals surface area contributed by atoms with Crippen LogP contribution in [0.4, 0.5) is 4.79 Å². The van der Waals surface area contributed by atoms with E-state index in [1.165, 1.54) is 0 Å². The summed E-state index contributed by atoms with van der Waals surface area (Å²) in [6.07, 6.45) is 1.04. The van der Waals surface area contributed by atoms with Crippen LogP contribution in [0.5, 0.6) is 0 Å². The van der Waals surface area contributed by atoms with Gasteiger partial charge in [0.1, 0.15) is 0 Å². The van der Waals surface area contributed by atoms with Crippen LogP contribution in [0.1, 0.15) is 12.5 Å². The Hall–Kier alpha value is -1.11. The summed E-state index contributed by atoms with van der Waals surface area (Å²) in [5.74, 6) is 0. The molecule has 1 N–H and O–H groups in total. The third-order valence-electron chi connectivity index (χ3n) is 1.54. The van der Waals surface area contributed by atoms with Crippen LogP contribution in [-0.4, -0.2) is 18.9 Å². The van der Waals surface area contributed by atoms with Gasteiger partial charge in [-0.3, -0.25) is 0 Å². The minimum atomic E-state index is -0.542. The molecule has 1 rings (SSSR count). The summed E-state index contributed by atoms with van der Waals surface area (Å²) >= 11 is 2.20. The Bertz CT molecular complexity index is 366. The average Bonchev–Trinajstić information content (AvgIpc) is 2.21. The molecule has 0 radical (unpaired) electrons. The van der Waals surface area contributed by atoms with Crippen molar-refractivity contribution >= 4 is 34.9 Å². The maximum absolute atomic E-state index is 10.9. The Morgan fingerprint density at radius 3 is 3.00 bits per heavy atom. The zero-order valence-corrected chi connectivity index (χ0v) is 10.4. The maximum Gasteiger partial charge on any atom is 0.427 e. The molecule has 80 valence electrons. The summed E-state index contributed by atoms with van der Waals surface area (Å²) in [7, 11) is 0. The number of ether oxygens (including phenoxy) is 1. The molecular formula is C10H11IN2O2. The zero-order valence-electron chi connectivity index (χ0n) is 8.24. The Kier molecular flexibility index (Phi) is 5.09. The minimum absolute atomic E-state index is 0.338. The molecule has 0 heterocycles. The Morgan fingerprint density at radius 1 is 1.60 bits per heavy atom. The van der Waals surface area contributed by atoms with Crippen LogP contribution in [0.25, 0.3) is 0 Å². The fraction of sp³-hybridized carbons (Fsp3) is 0.200. The van der Waals surface area contributed by atoms with Crippen molar-refractivity contribution in [3.8, 4) is 0 Å². The molecule has 5 heteroatoms. The first kappa shape index (κ1) is 12.0. The van der Waals surface area contributed by atoms with Crippen LogP contribution in [0.15, 0.2) is 29.4 Å². The molecule has 4 nitrogen and oxygen atoms in total. The highest BCUT2D eigenvalue weighted by atomic mass is 127. The molecule has 0 aromatic heterocycles. The second-order valence-electron chi connectivity index (χ2n) is 2.61. The normalized spacial score (nSPS) is 10.3. The topological polar surface area (TPSA) is 50.7 Å². The third-order valence-corrected chi connectivity index (χ3v) is 2.52. The molecule has 1 aromatic rings. The zero-order chi connectivity index (χ0) is 11.1. The molecule has 0 atom stereocenters. The molecule has 0 fully saturated rings. The number of halogens is 1. The molecule has 0 saturated carbocycles. The predicted molar refractivity (Wildman–Crippen MR) is 66.9 cm³/mol. The highest BCUT2D eigenvalue weighted by molar-refractivity contribution is 14.1. The van der Waals surface area contributed by atoms with Gasteiger partial charge >= 0.3 is 6.09 Å². The Balaban J connectivity index is 2.52. The van der Waals surface area contributed by atoms with Gasteiger partial charge in [-0.1, -0.05) is 18.2 Å². The fourth-order valence-corrected chi connectivity index (χ4v) is 1.42. The van der Waals surface area contributed by atoms with Crippen molar-refractivity contribution < 1.29 is 9.53 Å². The van der Waals surface area contributed by atoms with E-state index < -0.39 is 6.09 Å². The SMILES string of the molecule is CCOC(=O)N/N=C\c1ccccc1I. The molecule has 0 bridgehead atoms. The lowest BCUT2D eigenvalue weighted by Crippen LogP contribution is -2.18. The number of carbonyl (C=O) groups excluding carboxylic acids is 1. The van der Waals surface area contributed by atoms with E-state index in [1.54, 1.807) is 13.1 Å². The molecular weight excluding hydrogens is 307 g/mol. The van der Waals surface area contributed by atoms with Gasteiger partial charge in [0.25, 0.3) is 0 Å². The van der Waals surface area contributed by atoms with Crippen LogP contribution < -0.4 is 5.43 Å². The molecule has 1 aromatic carbocycles. The summed E-state index contributed by atoms with van der Waals surface area (Å²) in [6, 6.07) is 7.73. The highest BCUT2D eigenvalue weighted by Crippen LogP contribution is 2.08. The molecule has 0 spiro atoms. The number of nitrogens with zero attached hydrogens (tertiary/aromatic N) is 1. The van der Waals surface area contributed by atoms with Gasteiger partial charge in [-0.25, -0.2) is 10.2 Å². The quantitative estimate of drug-likeness (QED) is 0.528. The second kappa shape index (κ2) is 6.39. The predicted octanol–water partition coefficient (Wildman–Crippen LogP) is 2.37. The minimum Gasteiger partial charge on any atom is -0.449 e. The number of carbonyl (C=O) groups is 1. The number of hydrogen-bond donors (Lipinski definition) is 1. The first-order chi connectivity index (χ1) is 7.24. The summed E-state index contributed by atoms with van der Waals surface area (Å²) in [6.45, 7) is 2.08. The van der Waals surface area contributed by atoms with Crippen molar-refractivity contribution in [1.29, 1.82) is 0 Å². The van der Waals surface area contributed by atoms with Crippen molar-refractivity contribution in [2.24, 2.45) is 5.10 Å². The smallest absolute Gasteiger partial charge is 0.427 e. The van der Waals surface area contributed by atoms with Crippen molar-refractivity contribution in [2.45, 2.75) is 6.92 Å². The molecule has 0 aliphatic carbocycles. The van der Waals surface area contributed by atoms with Crippen LogP contribution >= 0.6 is 22.6 Å². The Labute approximate surface area is 102 Å². The number of rotatable bonds is 3. The van der Waals surface area contributed by atoms with Crippen LogP contribution in [-0.2, 0) is 4.74 Å². The molecule has 0 aliphatic heterocycles.